The van der Waals surface area contributed by atoms with Gasteiger partial charge < -0.3 is 14.2 Å². The average molecular weight is 441 g/mol. The lowest BCUT2D eigenvalue weighted by atomic mass is 10.0. The van der Waals surface area contributed by atoms with Crippen LogP contribution in [0.25, 0.3) is 11.0 Å². The molecule has 5 rings (SSSR count). The Hall–Kier alpha value is -3.51. The molecule has 1 fully saturated rings. The van der Waals surface area contributed by atoms with E-state index in [-0.39, 0.29) is 18.6 Å². The van der Waals surface area contributed by atoms with Crippen LogP contribution in [0.3, 0.4) is 0 Å². The first kappa shape index (κ1) is 21.3. The van der Waals surface area contributed by atoms with Gasteiger partial charge >= 0.3 is 0 Å². The van der Waals surface area contributed by atoms with Crippen molar-refractivity contribution in [3.63, 3.8) is 0 Å². The summed E-state index contributed by atoms with van der Waals surface area (Å²) in [5, 5.41) is 0. The van der Waals surface area contributed by atoms with Crippen molar-refractivity contribution in [2.45, 2.75) is 32.9 Å². The zero-order valence-corrected chi connectivity index (χ0v) is 19.1. The summed E-state index contributed by atoms with van der Waals surface area (Å²) in [5.74, 6) is 0.922. The van der Waals surface area contributed by atoms with E-state index in [1.807, 2.05) is 52.9 Å². The highest BCUT2D eigenvalue weighted by molar-refractivity contribution is 5.81. The number of morpholine rings is 1. The van der Waals surface area contributed by atoms with Crippen LogP contribution >= 0.6 is 0 Å². The highest BCUT2D eigenvalue weighted by Gasteiger charge is 2.27. The summed E-state index contributed by atoms with van der Waals surface area (Å²) in [5.41, 5.74) is 6.45. The molecule has 1 aliphatic rings. The minimum Gasteiger partial charge on any atom is -0.368 e. The van der Waals surface area contributed by atoms with Gasteiger partial charge in [0.25, 0.3) is 0 Å². The second-order valence-electron chi connectivity index (χ2n) is 8.69. The van der Waals surface area contributed by atoms with Gasteiger partial charge in [0.15, 0.2) is 0 Å². The van der Waals surface area contributed by atoms with Gasteiger partial charge in [-0.1, -0.05) is 48.0 Å². The van der Waals surface area contributed by atoms with Gasteiger partial charge in [-0.05, 0) is 49.6 Å². The minimum atomic E-state index is -0.211. The number of carbonyl (C=O) groups excluding carboxylic acids is 1. The first-order valence-corrected chi connectivity index (χ1v) is 11.4. The van der Waals surface area contributed by atoms with E-state index >= 15 is 0 Å². The Kier molecular flexibility index (Phi) is 5.92. The van der Waals surface area contributed by atoms with E-state index in [1.54, 1.807) is 0 Å². The Balaban J connectivity index is 1.25. The number of hydrogen-bond acceptors (Lipinski definition) is 4. The van der Waals surface area contributed by atoms with Crippen LogP contribution < -0.4 is 0 Å². The number of aryl methyl sites for hydroxylation is 2. The number of nitrogens with zero attached hydrogens (tertiary/aromatic N) is 4. The zero-order chi connectivity index (χ0) is 22.8. The SMILES string of the molecule is Cc1ccc(Cc2ccc(C3CN(C(=O)Cn4c(C)nc5ccccc54)CCO3)nc2)cc1. The van der Waals surface area contributed by atoms with Crippen LogP contribution in [-0.2, 0) is 22.5 Å². The maximum atomic E-state index is 13.1. The number of imidazole rings is 1. The first-order valence-electron chi connectivity index (χ1n) is 11.4. The molecule has 0 aliphatic carbocycles. The monoisotopic (exact) mass is 440 g/mol. The molecule has 1 aliphatic heterocycles. The number of hydrogen-bond donors (Lipinski definition) is 0. The molecule has 2 aromatic carbocycles. The smallest absolute Gasteiger partial charge is 0.242 e. The summed E-state index contributed by atoms with van der Waals surface area (Å²) in [7, 11) is 0. The van der Waals surface area contributed by atoms with E-state index in [0.29, 0.717) is 19.7 Å². The number of benzene rings is 2. The van der Waals surface area contributed by atoms with Gasteiger partial charge in [0.05, 0.1) is 29.9 Å². The van der Waals surface area contributed by atoms with Gasteiger partial charge in [0.2, 0.25) is 5.91 Å². The van der Waals surface area contributed by atoms with Crippen molar-refractivity contribution >= 4 is 16.9 Å². The quantitative estimate of drug-likeness (QED) is 0.466. The van der Waals surface area contributed by atoms with E-state index < -0.39 is 0 Å². The molecule has 1 saturated heterocycles. The third kappa shape index (κ3) is 4.66. The van der Waals surface area contributed by atoms with Crippen LogP contribution in [0.1, 0.15) is 34.3 Å². The van der Waals surface area contributed by atoms with Crippen molar-refractivity contribution < 1.29 is 9.53 Å². The maximum absolute atomic E-state index is 13.1. The average Bonchev–Trinajstić information content (AvgIpc) is 3.16. The molecule has 6 nitrogen and oxygen atoms in total. The van der Waals surface area contributed by atoms with Gasteiger partial charge in [0.1, 0.15) is 18.5 Å². The van der Waals surface area contributed by atoms with Crippen molar-refractivity contribution in [1.29, 1.82) is 0 Å². The van der Waals surface area contributed by atoms with Crippen molar-refractivity contribution in [3.8, 4) is 0 Å². The number of ether oxygens (including phenoxy) is 1. The van der Waals surface area contributed by atoms with Crippen molar-refractivity contribution in [2.24, 2.45) is 0 Å². The molecule has 1 amide bonds. The Morgan fingerprint density at radius 2 is 1.82 bits per heavy atom. The molecule has 6 heteroatoms. The standard InChI is InChI=1S/C27H28N4O2/c1-19-7-9-21(10-8-19)15-22-11-12-24(28-16-22)26-17-30(13-14-33-26)27(32)18-31-20(2)29-23-5-3-4-6-25(23)31/h3-12,16,26H,13-15,17-18H2,1-2H3. The van der Waals surface area contributed by atoms with E-state index in [0.717, 1.165) is 34.5 Å². The van der Waals surface area contributed by atoms with Crippen LogP contribution in [0, 0.1) is 13.8 Å². The number of fused-ring (bicyclic) bond motifs is 1. The molecule has 0 spiro atoms. The lowest BCUT2D eigenvalue weighted by molar-refractivity contribution is -0.139. The maximum Gasteiger partial charge on any atom is 0.242 e. The van der Waals surface area contributed by atoms with E-state index in [4.69, 9.17) is 4.74 Å². The molecule has 1 atom stereocenters. The Morgan fingerprint density at radius 3 is 2.61 bits per heavy atom. The molecule has 2 aromatic heterocycles. The predicted octanol–water partition coefficient (Wildman–Crippen LogP) is 4.24. The summed E-state index contributed by atoms with van der Waals surface area (Å²) >= 11 is 0. The van der Waals surface area contributed by atoms with Crippen LogP contribution in [0.15, 0.2) is 66.9 Å². The molecular formula is C27H28N4O2. The molecule has 168 valence electrons. The second-order valence-corrected chi connectivity index (χ2v) is 8.69. The van der Waals surface area contributed by atoms with Gasteiger partial charge in [-0.15, -0.1) is 0 Å². The summed E-state index contributed by atoms with van der Waals surface area (Å²) in [6.45, 7) is 5.92. The highest BCUT2D eigenvalue weighted by Crippen LogP contribution is 2.23. The first-order chi connectivity index (χ1) is 16.1. The highest BCUT2D eigenvalue weighted by atomic mass is 16.5. The fourth-order valence-electron chi connectivity index (χ4n) is 4.36. The van der Waals surface area contributed by atoms with Crippen molar-refractivity contribution in [1.82, 2.24) is 19.4 Å². The molecule has 0 N–H and O–H groups in total. The van der Waals surface area contributed by atoms with Crippen LogP contribution in [-0.4, -0.2) is 45.0 Å². The molecule has 33 heavy (non-hydrogen) atoms. The third-order valence-electron chi connectivity index (χ3n) is 6.26. The van der Waals surface area contributed by atoms with E-state index in [9.17, 15) is 4.79 Å². The Morgan fingerprint density at radius 1 is 1.03 bits per heavy atom. The zero-order valence-electron chi connectivity index (χ0n) is 19.1. The molecule has 0 radical (unpaired) electrons. The van der Waals surface area contributed by atoms with Gasteiger partial charge in [-0.2, -0.15) is 0 Å². The topological polar surface area (TPSA) is 60.2 Å². The number of pyridine rings is 1. The van der Waals surface area contributed by atoms with Crippen LogP contribution in [0.5, 0.6) is 0 Å². The lowest BCUT2D eigenvalue weighted by Gasteiger charge is -2.33. The number of carbonyl (C=O) groups is 1. The number of aromatic nitrogens is 3. The largest absolute Gasteiger partial charge is 0.368 e. The van der Waals surface area contributed by atoms with Crippen LogP contribution in [0.2, 0.25) is 0 Å². The summed E-state index contributed by atoms with van der Waals surface area (Å²) in [4.78, 5) is 24.2. The van der Waals surface area contributed by atoms with Gasteiger partial charge in [-0.25, -0.2) is 4.98 Å². The van der Waals surface area contributed by atoms with Crippen molar-refractivity contribution in [3.05, 3.63) is 95.1 Å². The normalized spacial score (nSPS) is 16.3. The molecule has 3 heterocycles. The summed E-state index contributed by atoms with van der Waals surface area (Å²) in [6.07, 6.45) is 2.55. The van der Waals surface area contributed by atoms with E-state index in [2.05, 4.69) is 47.2 Å². The predicted molar refractivity (Wildman–Crippen MR) is 128 cm³/mol. The van der Waals surface area contributed by atoms with Gasteiger partial charge in [0, 0.05) is 12.7 Å². The lowest BCUT2D eigenvalue weighted by Crippen LogP contribution is -2.43. The molecule has 0 bridgehead atoms. The molecule has 4 aromatic rings. The molecular weight excluding hydrogens is 412 g/mol. The minimum absolute atomic E-state index is 0.0746. The Bertz CT molecular complexity index is 1260. The third-order valence-corrected chi connectivity index (χ3v) is 6.26. The fourth-order valence-corrected chi connectivity index (χ4v) is 4.36. The molecule has 1 unspecified atom stereocenters. The summed E-state index contributed by atoms with van der Waals surface area (Å²) < 4.78 is 7.96. The Labute approximate surface area is 193 Å². The second kappa shape index (κ2) is 9.16. The van der Waals surface area contributed by atoms with Crippen LogP contribution in [0.4, 0.5) is 0 Å². The number of amides is 1. The fraction of sp³-hybridized carbons (Fsp3) is 0.296. The van der Waals surface area contributed by atoms with E-state index in [1.165, 1.54) is 11.1 Å². The molecule has 0 saturated carbocycles. The number of para-hydroxylation sites is 2. The van der Waals surface area contributed by atoms with Gasteiger partial charge in [-0.3, -0.25) is 9.78 Å². The summed E-state index contributed by atoms with van der Waals surface area (Å²) in [6, 6.07) is 20.6. The number of rotatable bonds is 5. The van der Waals surface area contributed by atoms with Crippen molar-refractivity contribution in [2.75, 3.05) is 19.7 Å².